The lowest BCUT2D eigenvalue weighted by molar-refractivity contribution is 0.560. The van der Waals surface area contributed by atoms with E-state index in [0.29, 0.717) is 6.54 Å². The maximum atomic E-state index is 4.54. The van der Waals surface area contributed by atoms with E-state index in [1.807, 2.05) is 24.4 Å². The van der Waals surface area contributed by atoms with Gasteiger partial charge in [-0.15, -0.1) is 0 Å². The smallest absolute Gasteiger partial charge is 0.148 e. The van der Waals surface area contributed by atoms with Gasteiger partial charge >= 0.3 is 0 Å². The molecule has 0 saturated carbocycles. The third kappa shape index (κ3) is 3.32. The van der Waals surface area contributed by atoms with Crippen LogP contribution < -0.4 is 5.32 Å². The number of aromatic nitrogens is 3. The molecule has 4 heteroatoms. The van der Waals surface area contributed by atoms with Crippen LogP contribution in [0.5, 0.6) is 0 Å². The summed E-state index contributed by atoms with van der Waals surface area (Å²) in [5, 5.41) is 7.84. The fraction of sp³-hybridized carbons (Fsp3) is 0.429. The van der Waals surface area contributed by atoms with Gasteiger partial charge in [0.05, 0.1) is 12.2 Å². The lowest BCUT2D eigenvalue weighted by atomic mass is 10.3. The number of aryl methyl sites for hydroxylation is 2. The van der Waals surface area contributed by atoms with Crippen molar-refractivity contribution in [3.8, 4) is 0 Å². The summed E-state index contributed by atoms with van der Waals surface area (Å²) in [5.41, 5.74) is 2.23. The van der Waals surface area contributed by atoms with Crippen molar-refractivity contribution in [2.75, 3.05) is 5.32 Å². The van der Waals surface area contributed by atoms with Crippen LogP contribution in [0.3, 0.4) is 0 Å². The molecule has 4 nitrogen and oxygen atoms in total. The summed E-state index contributed by atoms with van der Waals surface area (Å²) in [6, 6.07) is 8.01. The second-order valence-electron chi connectivity index (χ2n) is 4.42. The van der Waals surface area contributed by atoms with Crippen LogP contribution in [0.2, 0.25) is 0 Å². The van der Waals surface area contributed by atoms with Crippen molar-refractivity contribution >= 4 is 5.82 Å². The van der Waals surface area contributed by atoms with Crippen molar-refractivity contribution in [3.63, 3.8) is 0 Å². The Morgan fingerprint density at radius 3 is 2.94 bits per heavy atom. The molecule has 0 aliphatic heterocycles. The molecule has 0 aliphatic rings. The molecular formula is C14H20N4. The highest BCUT2D eigenvalue weighted by Gasteiger charge is 2.03. The average Bonchev–Trinajstić information content (AvgIpc) is 2.76. The van der Waals surface area contributed by atoms with E-state index >= 15 is 0 Å². The molecule has 1 N–H and O–H groups in total. The number of anilines is 1. The van der Waals surface area contributed by atoms with Crippen LogP contribution in [-0.4, -0.2) is 14.8 Å². The van der Waals surface area contributed by atoms with Crippen LogP contribution in [0.25, 0.3) is 0 Å². The Hall–Kier alpha value is -1.84. The summed E-state index contributed by atoms with van der Waals surface area (Å²) in [4.78, 5) is 4.28. The summed E-state index contributed by atoms with van der Waals surface area (Å²) >= 11 is 0. The summed E-state index contributed by atoms with van der Waals surface area (Å²) in [5.74, 6) is 0.925. The first kappa shape index (κ1) is 12.6. The Labute approximate surface area is 108 Å². The molecular weight excluding hydrogens is 224 g/mol. The molecule has 0 bridgehead atoms. The van der Waals surface area contributed by atoms with Gasteiger partial charge in [0.25, 0.3) is 0 Å². The van der Waals surface area contributed by atoms with Crippen molar-refractivity contribution in [2.45, 2.75) is 39.8 Å². The molecule has 2 aromatic rings. The van der Waals surface area contributed by atoms with Gasteiger partial charge in [0.1, 0.15) is 5.82 Å². The molecule has 0 aromatic carbocycles. The largest absolute Gasteiger partial charge is 0.363 e. The minimum atomic E-state index is 0.713. The molecule has 2 heterocycles. The van der Waals surface area contributed by atoms with E-state index in [1.165, 1.54) is 18.5 Å². The Morgan fingerprint density at radius 2 is 2.22 bits per heavy atom. The van der Waals surface area contributed by atoms with Crippen molar-refractivity contribution in [2.24, 2.45) is 0 Å². The SMILES string of the molecule is CCCCn1nc(NCc2ccccn2)cc1C. The second-order valence-corrected chi connectivity index (χ2v) is 4.42. The lowest BCUT2D eigenvalue weighted by Crippen LogP contribution is -2.04. The van der Waals surface area contributed by atoms with E-state index < -0.39 is 0 Å². The van der Waals surface area contributed by atoms with Gasteiger partial charge in [0.2, 0.25) is 0 Å². The molecule has 0 spiro atoms. The lowest BCUT2D eigenvalue weighted by Gasteiger charge is -2.03. The van der Waals surface area contributed by atoms with Gasteiger partial charge < -0.3 is 5.32 Å². The molecule has 96 valence electrons. The van der Waals surface area contributed by atoms with Crippen molar-refractivity contribution in [1.82, 2.24) is 14.8 Å². The quantitative estimate of drug-likeness (QED) is 0.849. The Bertz CT molecular complexity index is 476. The first-order valence-corrected chi connectivity index (χ1v) is 6.48. The maximum Gasteiger partial charge on any atom is 0.148 e. The van der Waals surface area contributed by atoms with Crippen molar-refractivity contribution in [3.05, 3.63) is 41.9 Å². The van der Waals surface area contributed by atoms with E-state index in [0.717, 1.165) is 18.1 Å². The normalized spacial score (nSPS) is 10.6. The molecule has 0 unspecified atom stereocenters. The second kappa shape index (κ2) is 6.19. The van der Waals surface area contributed by atoms with Crippen LogP contribution in [0, 0.1) is 6.92 Å². The van der Waals surface area contributed by atoms with Gasteiger partial charge in [-0.25, -0.2) is 0 Å². The first-order valence-electron chi connectivity index (χ1n) is 6.48. The van der Waals surface area contributed by atoms with E-state index in [2.05, 4.69) is 40.0 Å². The third-order valence-electron chi connectivity index (χ3n) is 2.88. The average molecular weight is 244 g/mol. The fourth-order valence-corrected chi connectivity index (χ4v) is 1.81. The van der Waals surface area contributed by atoms with Crippen molar-refractivity contribution in [1.29, 1.82) is 0 Å². The number of nitrogens with zero attached hydrogens (tertiary/aromatic N) is 3. The number of hydrogen-bond donors (Lipinski definition) is 1. The Balaban J connectivity index is 1.94. The van der Waals surface area contributed by atoms with Crippen LogP contribution in [0.15, 0.2) is 30.5 Å². The summed E-state index contributed by atoms with van der Waals surface area (Å²) < 4.78 is 2.06. The third-order valence-corrected chi connectivity index (χ3v) is 2.88. The number of nitrogens with one attached hydrogen (secondary N) is 1. The zero-order valence-electron chi connectivity index (χ0n) is 11.1. The number of unbranched alkanes of at least 4 members (excludes halogenated alkanes) is 1. The molecule has 0 atom stereocenters. The molecule has 0 radical (unpaired) electrons. The van der Waals surface area contributed by atoms with E-state index in [9.17, 15) is 0 Å². The van der Waals surface area contributed by atoms with Gasteiger partial charge in [0.15, 0.2) is 0 Å². The Morgan fingerprint density at radius 1 is 1.33 bits per heavy atom. The molecule has 2 rings (SSSR count). The minimum absolute atomic E-state index is 0.713. The summed E-state index contributed by atoms with van der Waals surface area (Å²) in [6.45, 7) is 5.99. The maximum absolute atomic E-state index is 4.54. The summed E-state index contributed by atoms with van der Waals surface area (Å²) in [6.07, 6.45) is 4.17. The number of pyridine rings is 1. The zero-order valence-corrected chi connectivity index (χ0v) is 11.1. The first-order chi connectivity index (χ1) is 8.79. The van der Waals surface area contributed by atoms with Crippen LogP contribution >= 0.6 is 0 Å². The molecule has 0 amide bonds. The van der Waals surface area contributed by atoms with E-state index in [4.69, 9.17) is 0 Å². The van der Waals surface area contributed by atoms with Gasteiger partial charge in [0, 0.05) is 24.5 Å². The zero-order chi connectivity index (χ0) is 12.8. The Kier molecular flexibility index (Phi) is 4.34. The summed E-state index contributed by atoms with van der Waals surface area (Å²) in [7, 11) is 0. The number of hydrogen-bond acceptors (Lipinski definition) is 3. The molecule has 2 aromatic heterocycles. The van der Waals surface area contributed by atoms with E-state index in [-0.39, 0.29) is 0 Å². The minimum Gasteiger partial charge on any atom is -0.363 e. The van der Waals surface area contributed by atoms with E-state index in [1.54, 1.807) is 0 Å². The predicted octanol–water partition coefficient (Wildman–Crippen LogP) is 3.00. The van der Waals surface area contributed by atoms with Crippen LogP contribution in [0.1, 0.15) is 31.2 Å². The fourth-order valence-electron chi connectivity index (χ4n) is 1.81. The van der Waals surface area contributed by atoms with Gasteiger partial charge in [-0.1, -0.05) is 19.4 Å². The molecule has 0 aliphatic carbocycles. The molecule has 0 fully saturated rings. The highest BCUT2D eigenvalue weighted by Crippen LogP contribution is 2.10. The number of rotatable bonds is 6. The highest BCUT2D eigenvalue weighted by molar-refractivity contribution is 5.36. The van der Waals surface area contributed by atoms with Gasteiger partial charge in [-0.05, 0) is 25.5 Å². The molecule has 0 saturated heterocycles. The standard InChI is InChI=1S/C14H20N4/c1-3-4-9-18-12(2)10-14(17-18)16-11-13-7-5-6-8-15-13/h5-8,10H,3-4,9,11H2,1-2H3,(H,16,17). The van der Waals surface area contributed by atoms with Crippen molar-refractivity contribution < 1.29 is 0 Å². The molecule has 18 heavy (non-hydrogen) atoms. The topological polar surface area (TPSA) is 42.7 Å². The van der Waals surface area contributed by atoms with Crippen LogP contribution in [-0.2, 0) is 13.1 Å². The highest BCUT2D eigenvalue weighted by atomic mass is 15.3. The van der Waals surface area contributed by atoms with Gasteiger partial charge in [-0.2, -0.15) is 5.10 Å². The van der Waals surface area contributed by atoms with Gasteiger partial charge in [-0.3, -0.25) is 9.67 Å². The predicted molar refractivity (Wildman–Crippen MR) is 73.4 cm³/mol. The van der Waals surface area contributed by atoms with Crippen LogP contribution in [0.4, 0.5) is 5.82 Å². The monoisotopic (exact) mass is 244 g/mol.